The molecule has 1 aromatic heterocycles. The third-order valence-corrected chi connectivity index (χ3v) is 4.25. The van der Waals surface area contributed by atoms with Crippen LogP contribution in [0.5, 0.6) is 0 Å². The molecule has 1 fully saturated rings. The molecule has 1 heterocycles. The molecule has 0 aliphatic heterocycles. The fourth-order valence-electron chi connectivity index (χ4n) is 2.63. The lowest BCUT2D eigenvalue weighted by molar-refractivity contribution is 0.0949. The number of amides is 2. The number of benzene rings is 1. The van der Waals surface area contributed by atoms with Crippen molar-refractivity contribution in [2.75, 3.05) is 7.05 Å². The first-order valence-corrected chi connectivity index (χ1v) is 8.14. The number of nitrogens with zero attached hydrogens (tertiary/aromatic N) is 1. The van der Waals surface area contributed by atoms with E-state index >= 15 is 0 Å². The largest absolute Gasteiger partial charge is 0.354 e. The van der Waals surface area contributed by atoms with Crippen molar-refractivity contribution in [1.82, 2.24) is 15.6 Å². The van der Waals surface area contributed by atoms with Crippen LogP contribution in [0.3, 0.4) is 0 Å². The maximum absolute atomic E-state index is 12.4. The van der Waals surface area contributed by atoms with Crippen LogP contribution < -0.4 is 10.6 Å². The van der Waals surface area contributed by atoms with Crippen LogP contribution in [0.4, 0.5) is 0 Å². The molecule has 3 rings (SSSR count). The molecule has 1 aliphatic rings. The first kappa shape index (κ1) is 16.2. The van der Waals surface area contributed by atoms with Gasteiger partial charge in [0, 0.05) is 30.8 Å². The van der Waals surface area contributed by atoms with E-state index in [1.807, 2.05) is 30.3 Å². The Balaban J connectivity index is 1.88. The number of carbonyl (C=O) groups is 2. The summed E-state index contributed by atoms with van der Waals surface area (Å²) in [6.07, 6.45) is 1.59. The Kier molecular flexibility index (Phi) is 4.60. The van der Waals surface area contributed by atoms with E-state index in [0.29, 0.717) is 23.6 Å². The van der Waals surface area contributed by atoms with E-state index in [9.17, 15) is 9.59 Å². The van der Waals surface area contributed by atoms with E-state index < -0.39 is 0 Å². The highest BCUT2D eigenvalue weighted by Crippen LogP contribution is 2.29. The lowest BCUT2D eigenvalue weighted by atomic mass is 10.1. The van der Waals surface area contributed by atoms with E-state index in [2.05, 4.69) is 22.5 Å². The van der Waals surface area contributed by atoms with E-state index in [1.165, 1.54) is 0 Å². The highest BCUT2D eigenvalue weighted by atomic mass is 16.2. The van der Waals surface area contributed by atoms with Gasteiger partial charge >= 0.3 is 0 Å². The second-order valence-electron chi connectivity index (χ2n) is 6.27. The molecule has 0 spiro atoms. The molecule has 1 aromatic carbocycles. The van der Waals surface area contributed by atoms with Gasteiger partial charge in [-0.15, -0.1) is 0 Å². The van der Waals surface area contributed by atoms with Gasteiger partial charge in [0.15, 0.2) is 0 Å². The zero-order chi connectivity index (χ0) is 17.1. The molecule has 0 bridgehead atoms. The summed E-state index contributed by atoms with van der Waals surface area (Å²) in [5.74, 6) is 0.0861. The number of nitrogens with one attached hydrogen (secondary N) is 2. The summed E-state index contributed by atoms with van der Waals surface area (Å²) in [5.41, 5.74) is 2.53. The van der Waals surface area contributed by atoms with E-state index in [4.69, 9.17) is 0 Å². The summed E-state index contributed by atoms with van der Waals surface area (Å²) in [6, 6.07) is 13.4. The minimum Gasteiger partial charge on any atom is -0.354 e. The second-order valence-corrected chi connectivity index (χ2v) is 6.27. The monoisotopic (exact) mass is 323 g/mol. The van der Waals surface area contributed by atoms with Crippen molar-refractivity contribution in [2.45, 2.75) is 25.8 Å². The Labute approximate surface area is 141 Å². The van der Waals surface area contributed by atoms with Crippen molar-refractivity contribution in [2.24, 2.45) is 5.92 Å². The Morgan fingerprint density at radius 1 is 1.17 bits per heavy atom. The zero-order valence-corrected chi connectivity index (χ0v) is 13.9. The first-order chi connectivity index (χ1) is 11.6. The third kappa shape index (κ3) is 3.79. The minimum absolute atomic E-state index is 0.147. The second kappa shape index (κ2) is 6.83. The lowest BCUT2D eigenvalue weighted by Gasteiger charge is -2.09. The molecule has 5 heteroatoms. The molecule has 2 atom stereocenters. The van der Waals surface area contributed by atoms with Crippen LogP contribution in [-0.4, -0.2) is 29.9 Å². The molecule has 1 aliphatic carbocycles. The average Bonchev–Trinajstić information content (AvgIpc) is 3.29. The number of hydrogen-bond acceptors (Lipinski definition) is 3. The van der Waals surface area contributed by atoms with E-state index in [-0.39, 0.29) is 23.6 Å². The number of carbonyl (C=O) groups excluding carboxylic acids is 2. The van der Waals surface area contributed by atoms with Crippen molar-refractivity contribution >= 4 is 11.8 Å². The molecule has 24 heavy (non-hydrogen) atoms. The molecule has 1 saturated carbocycles. The fourth-order valence-corrected chi connectivity index (χ4v) is 2.63. The molecular weight excluding hydrogens is 302 g/mol. The molecule has 2 N–H and O–H groups in total. The SMILES string of the molecule is CNC(=O)c1cc(C(=O)N[C@H]2C[C@@H]2C)cc(Cc2ccccc2)n1. The summed E-state index contributed by atoms with van der Waals surface area (Å²) in [7, 11) is 1.56. The highest BCUT2D eigenvalue weighted by Gasteiger charge is 2.34. The van der Waals surface area contributed by atoms with Gasteiger partial charge in [-0.1, -0.05) is 37.3 Å². The molecule has 0 radical (unpaired) electrons. The van der Waals surface area contributed by atoms with E-state index in [0.717, 1.165) is 12.0 Å². The summed E-state index contributed by atoms with van der Waals surface area (Å²) >= 11 is 0. The Morgan fingerprint density at radius 3 is 2.50 bits per heavy atom. The van der Waals surface area contributed by atoms with Crippen LogP contribution in [0.2, 0.25) is 0 Å². The van der Waals surface area contributed by atoms with Gasteiger partial charge in [0.1, 0.15) is 5.69 Å². The smallest absolute Gasteiger partial charge is 0.269 e. The van der Waals surface area contributed by atoms with Crippen LogP contribution >= 0.6 is 0 Å². The topological polar surface area (TPSA) is 71.1 Å². The van der Waals surface area contributed by atoms with Crippen molar-refractivity contribution < 1.29 is 9.59 Å². The molecule has 2 aromatic rings. The van der Waals surface area contributed by atoms with Gasteiger partial charge in [0.05, 0.1) is 0 Å². The normalized spacial score (nSPS) is 18.8. The minimum atomic E-state index is -0.293. The van der Waals surface area contributed by atoms with Gasteiger partial charge in [-0.05, 0) is 30.0 Å². The Hall–Kier alpha value is -2.69. The quantitative estimate of drug-likeness (QED) is 0.886. The lowest BCUT2D eigenvalue weighted by Crippen LogP contribution is -2.28. The predicted octanol–water partition coefficient (Wildman–Crippen LogP) is 2.17. The molecule has 0 saturated heterocycles. The van der Waals surface area contributed by atoms with Crippen LogP contribution in [-0.2, 0) is 6.42 Å². The predicted molar refractivity (Wildman–Crippen MR) is 91.9 cm³/mol. The third-order valence-electron chi connectivity index (χ3n) is 4.25. The number of pyridine rings is 1. The average molecular weight is 323 g/mol. The van der Waals surface area contributed by atoms with Gasteiger partial charge < -0.3 is 10.6 Å². The highest BCUT2D eigenvalue weighted by molar-refractivity contribution is 5.98. The maximum atomic E-state index is 12.4. The molecule has 124 valence electrons. The van der Waals surface area contributed by atoms with Crippen LogP contribution in [0.25, 0.3) is 0 Å². The van der Waals surface area contributed by atoms with Crippen molar-refractivity contribution in [3.63, 3.8) is 0 Å². The van der Waals surface area contributed by atoms with Gasteiger partial charge in [-0.25, -0.2) is 4.98 Å². The number of hydrogen-bond donors (Lipinski definition) is 2. The van der Waals surface area contributed by atoms with Crippen molar-refractivity contribution in [3.05, 3.63) is 65.0 Å². The van der Waals surface area contributed by atoms with Crippen LogP contribution in [0.15, 0.2) is 42.5 Å². The molecule has 2 amide bonds. The Bertz CT molecular complexity index is 758. The van der Waals surface area contributed by atoms with Gasteiger partial charge in [-0.3, -0.25) is 9.59 Å². The Morgan fingerprint density at radius 2 is 1.88 bits per heavy atom. The summed E-state index contributed by atoms with van der Waals surface area (Å²) in [5, 5.41) is 5.56. The van der Waals surface area contributed by atoms with Gasteiger partial charge in [-0.2, -0.15) is 0 Å². The number of rotatable bonds is 5. The zero-order valence-electron chi connectivity index (χ0n) is 13.9. The molecule has 0 unspecified atom stereocenters. The summed E-state index contributed by atoms with van der Waals surface area (Å²) < 4.78 is 0. The molecular formula is C19H21N3O2. The standard InChI is InChI=1S/C19H21N3O2/c1-12-8-16(12)22-18(23)14-10-15(9-13-6-4-3-5-7-13)21-17(11-14)19(24)20-2/h3-7,10-12,16H,8-9H2,1-2H3,(H,20,24)(H,22,23)/t12-,16-/m0/s1. The fraction of sp³-hybridized carbons (Fsp3) is 0.316. The summed E-state index contributed by atoms with van der Waals surface area (Å²) in [4.78, 5) is 28.8. The maximum Gasteiger partial charge on any atom is 0.269 e. The van der Waals surface area contributed by atoms with Gasteiger partial charge in [0.25, 0.3) is 11.8 Å². The van der Waals surface area contributed by atoms with Gasteiger partial charge in [0.2, 0.25) is 0 Å². The van der Waals surface area contributed by atoms with Crippen LogP contribution in [0, 0.1) is 5.92 Å². The van der Waals surface area contributed by atoms with E-state index in [1.54, 1.807) is 19.2 Å². The first-order valence-electron chi connectivity index (χ1n) is 8.14. The number of aromatic nitrogens is 1. The van der Waals surface area contributed by atoms with Crippen LogP contribution in [0.1, 0.15) is 45.4 Å². The van der Waals surface area contributed by atoms with Crippen molar-refractivity contribution in [1.29, 1.82) is 0 Å². The molecule has 5 nitrogen and oxygen atoms in total. The van der Waals surface area contributed by atoms with Crippen molar-refractivity contribution in [3.8, 4) is 0 Å². The summed E-state index contributed by atoms with van der Waals surface area (Å²) in [6.45, 7) is 2.11.